The summed E-state index contributed by atoms with van der Waals surface area (Å²) in [5.74, 6) is 2.42. The lowest BCUT2D eigenvalue weighted by atomic mass is 9.96. The normalized spacial score (nSPS) is 11.3. The van der Waals surface area contributed by atoms with Crippen LogP contribution in [0.4, 0.5) is 0 Å². The van der Waals surface area contributed by atoms with Crippen molar-refractivity contribution in [2.45, 2.75) is 0 Å². The first-order chi connectivity index (χ1) is 30.2. The van der Waals surface area contributed by atoms with Gasteiger partial charge in [0.1, 0.15) is 0 Å². The predicted octanol–water partition coefficient (Wildman–Crippen LogP) is 13.4. The smallest absolute Gasteiger partial charge is 0.164 e. The molecule has 11 rings (SSSR count). The third kappa shape index (κ3) is 6.92. The molecule has 0 radical (unpaired) electrons. The lowest BCUT2D eigenvalue weighted by molar-refractivity contribution is 1.07. The number of rotatable bonds is 8. The Morgan fingerprint density at radius 2 is 0.639 bits per heavy atom. The van der Waals surface area contributed by atoms with Crippen molar-refractivity contribution in [3.63, 3.8) is 0 Å². The van der Waals surface area contributed by atoms with Crippen LogP contribution in [0.5, 0.6) is 0 Å². The summed E-state index contributed by atoms with van der Waals surface area (Å²) in [7, 11) is 0. The summed E-state index contributed by atoms with van der Waals surface area (Å²) in [6, 6.07) is 75.2. The maximum absolute atomic E-state index is 5.26. The Hall–Kier alpha value is -8.35. The van der Waals surface area contributed by atoms with Crippen LogP contribution < -0.4 is 0 Å². The molecule has 0 saturated heterocycles. The number of nitrogens with zero attached hydrogens (tertiary/aromatic N) is 6. The van der Waals surface area contributed by atoms with Crippen LogP contribution in [-0.2, 0) is 0 Å². The number of aromatic nitrogens is 6. The fourth-order valence-corrected chi connectivity index (χ4v) is 8.10. The average molecular weight is 781 g/mol. The van der Waals surface area contributed by atoms with E-state index in [0.717, 1.165) is 72.6 Å². The molecule has 0 amide bonds. The van der Waals surface area contributed by atoms with Crippen molar-refractivity contribution in [1.29, 1.82) is 0 Å². The first kappa shape index (κ1) is 35.8. The highest BCUT2D eigenvalue weighted by atomic mass is 15.0. The van der Waals surface area contributed by atoms with Crippen LogP contribution in [0.25, 0.3) is 107 Å². The second-order valence-electron chi connectivity index (χ2n) is 15.0. The van der Waals surface area contributed by atoms with Gasteiger partial charge in [0, 0.05) is 49.8 Å². The maximum Gasteiger partial charge on any atom is 0.164 e. The molecule has 61 heavy (non-hydrogen) atoms. The Kier molecular flexibility index (Phi) is 9.06. The zero-order valence-corrected chi connectivity index (χ0v) is 33.0. The Morgan fingerprint density at radius 3 is 1.18 bits per heavy atom. The highest BCUT2D eigenvalue weighted by Gasteiger charge is 2.18. The third-order valence-electron chi connectivity index (χ3n) is 11.0. The van der Waals surface area contributed by atoms with Crippen molar-refractivity contribution in [3.05, 3.63) is 218 Å². The molecule has 0 fully saturated rings. The standard InChI is InChI=1S/C55H36N6/c1-5-18-37(19-6-1)48-36-49(57-52(56-48)38-20-7-2-8-21-38)43-32-42(41-26-17-27-45(35-41)61-50-30-15-13-28-46(50)47-29-14-16-31-51(47)61)33-44(34-43)55-59-53(39-22-9-3-10-23-39)58-54(60-55)40-24-11-4-12-25-40/h1-36H. The molecular weight excluding hydrogens is 745 g/mol. The number of benzene rings is 8. The zero-order valence-electron chi connectivity index (χ0n) is 33.0. The van der Waals surface area contributed by atoms with Crippen LogP contribution in [0, 0.1) is 0 Å². The number of fused-ring (bicyclic) bond motifs is 3. The van der Waals surface area contributed by atoms with E-state index in [-0.39, 0.29) is 0 Å². The molecule has 0 N–H and O–H groups in total. The van der Waals surface area contributed by atoms with Crippen LogP contribution in [0.1, 0.15) is 0 Å². The average Bonchev–Trinajstić information content (AvgIpc) is 3.69. The molecule has 0 aliphatic heterocycles. The van der Waals surface area contributed by atoms with Crippen molar-refractivity contribution in [2.75, 3.05) is 0 Å². The predicted molar refractivity (Wildman–Crippen MR) is 248 cm³/mol. The highest BCUT2D eigenvalue weighted by molar-refractivity contribution is 6.09. The molecule has 0 atom stereocenters. The molecule has 3 aromatic heterocycles. The van der Waals surface area contributed by atoms with E-state index in [1.165, 1.54) is 10.8 Å². The van der Waals surface area contributed by atoms with E-state index < -0.39 is 0 Å². The highest BCUT2D eigenvalue weighted by Crippen LogP contribution is 2.37. The molecular formula is C55H36N6. The minimum absolute atomic E-state index is 0.565. The van der Waals surface area contributed by atoms with Gasteiger partial charge in [-0.15, -0.1) is 0 Å². The quantitative estimate of drug-likeness (QED) is 0.154. The Balaban J connectivity index is 1.15. The summed E-state index contributed by atoms with van der Waals surface area (Å²) >= 11 is 0. The second kappa shape index (κ2) is 15.4. The second-order valence-corrected chi connectivity index (χ2v) is 15.0. The van der Waals surface area contributed by atoms with Crippen molar-refractivity contribution in [2.24, 2.45) is 0 Å². The molecule has 0 aliphatic rings. The van der Waals surface area contributed by atoms with Gasteiger partial charge in [0.25, 0.3) is 0 Å². The van der Waals surface area contributed by atoms with E-state index in [1.807, 2.05) is 97.1 Å². The largest absolute Gasteiger partial charge is 0.309 e. The molecule has 0 unspecified atom stereocenters. The van der Waals surface area contributed by atoms with E-state index in [2.05, 4.69) is 126 Å². The van der Waals surface area contributed by atoms with Gasteiger partial charge in [-0.25, -0.2) is 24.9 Å². The van der Waals surface area contributed by atoms with Crippen LogP contribution in [-0.4, -0.2) is 29.5 Å². The summed E-state index contributed by atoms with van der Waals surface area (Å²) in [6.45, 7) is 0. The van der Waals surface area contributed by atoms with Gasteiger partial charge < -0.3 is 4.57 Å². The molecule has 3 heterocycles. The van der Waals surface area contributed by atoms with Gasteiger partial charge in [0.05, 0.1) is 22.4 Å². The molecule has 11 aromatic rings. The van der Waals surface area contributed by atoms with Crippen molar-refractivity contribution in [1.82, 2.24) is 29.5 Å². The molecule has 0 spiro atoms. The van der Waals surface area contributed by atoms with Crippen molar-refractivity contribution >= 4 is 21.8 Å². The van der Waals surface area contributed by atoms with Gasteiger partial charge in [0.15, 0.2) is 23.3 Å². The Morgan fingerprint density at radius 1 is 0.246 bits per heavy atom. The van der Waals surface area contributed by atoms with E-state index >= 15 is 0 Å². The minimum Gasteiger partial charge on any atom is -0.309 e. The van der Waals surface area contributed by atoms with E-state index in [1.54, 1.807) is 0 Å². The maximum atomic E-state index is 5.26. The van der Waals surface area contributed by atoms with Crippen LogP contribution in [0.15, 0.2) is 218 Å². The monoisotopic (exact) mass is 780 g/mol. The lowest BCUT2D eigenvalue weighted by Crippen LogP contribution is -2.01. The van der Waals surface area contributed by atoms with Gasteiger partial charge in [-0.2, -0.15) is 0 Å². The summed E-state index contributed by atoms with van der Waals surface area (Å²) in [5.41, 5.74) is 12.6. The van der Waals surface area contributed by atoms with Gasteiger partial charge >= 0.3 is 0 Å². The summed E-state index contributed by atoms with van der Waals surface area (Å²) in [5, 5.41) is 2.44. The van der Waals surface area contributed by atoms with E-state index in [4.69, 9.17) is 24.9 Å². The van der Waals surface area contributed by atoms with Crippen LogP contribution >= 0.6 is 0 Å². The minimum atomic E-state index is 0.565. The summed E-state index contributed by atoms with van der Waals surface area (Å²) < 4.78 is 2.35. The molecule has 0 saturated carbocycles. The molecule has 286 valence electrons. The van der Waals surface area contributed by atoms with Gasteiger partial charge in [-0.3, -0.25) is 0 Å². The van der Waals surface area contributed by atoms with Gasteiger partial charge in [-0.1, -0.05) is 170 Å². The van der Waals surface area contributed by atoms with Gasteiger partial charge in [0.2, 0.25) is 0 Å². The van der Waals surface area contributed by atoms with Crippen LogP contribution in [0.3, 0.4) is 0 Å². The SMILES string of the molecule is c1ccc(-c2cc(-c3cc(-c4cccc(-n5c6ccccc6c6ccccc65)c4)cc(-c4nc(-c5ccccc5)nc(-c5ccccc5)n4)c3)nc(-c3ccccc3)n2)cc1. The molecule has 0 aliphatic carbocycles. The van der Waals surface area contributed by atoms with Crippen LogP contribution in [0.2, 0.25) is 0 Å². The fourth-order valence-electron chi connectivity index (χ4n) is 8.10. The Labute approximate surface area is 353 Å². The molecule has 0 bridgehead atoms. The van der Waals surface area contributed by atoms with Crippen molar-refractivity contribution < 1.29 is 0 Å². The summed E-state index contributed by atoms with van der Waals surface area (Å²) in [6.07, 6.45) is 0. The topological polar surface area (TPSA) is 69.4 Å². The molecule has 6 heteroatoms. The van der Waals surface area contributed by atoms with Crippen molar-refractivity contribution in [3.8, 4) is 84.9 Å². The first-order valence-corrected chi connectivity index (χ1v) is 20.3. The lowest BCUT2D eigenvalue weighted by Gasteiger charge is -2.15. The van der Waals surface area contributed by atoms with E-state index in [0.29, 0.717) is 23.3 Å². The summed E-state index contributed by atoms with van der Waals surface area (Å²) in [4.78, 5) is 25.7. The van der Waals surface area contributed by atoms with Gasteiger partial charge in [-0.05, 0) is 59.7 Å². The molecule has 8 aromatic carbocycles. The number of hydrogen-bond acceptors (Lipinski definition) is 5. The zero-order chi connectivity index (χ0) is 40.5. The fraction of sp³-hybridized carbons (Fsp3) is 0. The molecule has 6 nitrogen and oxygen atoms in total. The first-order valence-electron chi connectivity index (χ1n) is 20.3. The Bertz CT molecular complexity index is 3030. The number of para-hydroxylation sites is 2. The third-order valence-corrected chi connectivity index (χ3v) is 11.0. The number of hydrogen-bond donors (Lipinski definition) is 0. The van der Waals surface area contributed by atoms with E-state index in [9.17, 15) is 0 Å².